The van der Waals surface area contributed by atoms with Gasteiger partial charge in [-0.15, -0.1) is 11.3 Å². The molecule has 5 nitrogen and oxygen atoms in total. The minimum absolute atomic E-state index is 0.0226. The molecule has 0 bridgehead atoms. The van der Waals surface area contributed by atoms with Crippen molar-refractivity contribution in [3.8, 4) is 16.4 Å². The van der Waals surface area contributed by atoms with Gasteiger partial charge in [-0.05, 0) is 25.0 Å². The second-order valence-corrected chi connectivity index (χ2v) is 7.52. The molecule has 3 rings (SSSR count). The van der Waals surface area contributed by atoms with Crippen molar-refractivity contribution in [2.75, 3.05) is 5.32 Å². The summed E-state index contributed by atoms with van der Waals surface area (Å²) in [5.41, 5.74) is 2.66. The Labute approximate surface area is 155 Å². The maximum absolute atomic E-state index is 12.1. The summed E-state index contributed by atoms with van der Waals surface area (Å²) in [4.78, 5) is 16.7. The molecule has 130 valence electrons. The lowest BCUT2D eigenvalue weighted by atomic mass is 10.1. The van der Waals surface area contributed by atoms with Gasteiger partial charge in [-0.2, -0.15) is 9.78 Å². The van der Waals surface area contributed by atoms with Gasteiger partial charge in [-0.25, -0.2) is 4.98 Å². The monoisotopic (exact) mass is 374 g/mol. The van der Waals surface area contributed by atoms with Gasteiger partial charge in [0.2, 0.25) is 11.0 Å². The molecule has 0 spiro atoms. The number of carbonyl (C=O) groups excluding carboxylic acids is 1. The average molecular weight is 375 g/mol. The predicted molar refractivity (Wildman–Crippen MR) is 103 cm³/mol. The number of nitrogens with zero attached hydrogens (tertiary/aromatic N) is 3. The Morgan fingerprint density at radius 1 is 1.32 bits per heavy atom. The van der Waals surface area contributed by atoms with Crippen molar-refractivity contribution in [2.24, 2.45) is 5.92 Å². The minimum atomic E-state index is -0.0226. The van der Waals surface area contributed by atoms with E-state index in [1.807, 2.05) is 56.5 Å². The Hall–Kier alpha value is -2.18. The molecular formula is C18H19ClN4OS. The van der Waals surface area contributed by atoms with Crippen molar-refractivity contribution in [3.05, 3.63) is 46.4 Å². The van der Waals surface area contributed by atoms with E-state index in [-0.39, 0.29) is 5.91 Å². The number of halogens is 1. The number of anilines is 1. The lowest BCUT2D eigenvalue weighted by Gasteiger charge is -2.08. The molecule has 1 N–H and O–H groups in total. The minimum Gasteiger partial charge on any atom is -0.310 e. The summed E-state index contributed by atoms with van der Waals surface area (Å²) in [6.07, 6.45) is 0.470. The van der Waals surface area contributed by atoms with Crippen LogP contribution in [0.4, 0.5) is 5.82 Å². The molecule has 1 amide bonds. The average Bonchev–Trinajstić information content (AvgIpc) is 3.14. The number of aryl methyl sites for hydroxylation is 1. The number of hydrogen-bond acceptors (Lipinski definition) is 4. The zero-order valence-electron chi connectivity index (χ0n) is 14.3. The van der Waals surface area contributed by atoms with Crippen LogP contribution in [-0.4, -0.2) is 20.7 Å². The highest BCUT2D eigenvalue weighted by molar-refractivity contribution is 7.12. The maximum Gasteiger partial charge on any atom is 0.225 e. The van der Waals surface area contributed by atoms with E-state index in [4.69, 9.17) is 11.6 Å². The number of aromatic nitrogens is 3. The first-order chi connectivity index (χ1) is 11.9. The second-order valence-electron chi connectivity index (χ2n) is 6.25. The molecule has 2 aromatic heterocycles. The van der Waals surface area contributed by atoms with E-state index in [0.29, 0.717) is 28.3 Å². The molecular weight excluding hydrogens is 356 g/mol. The second kappa shape index (κ2) is 7.37. The number of amides is 1. The fourth-order valence-corrected chi connectivity index (χ4v) is 3.34. The van der Waals surface area contributed by atoms with Gasteiger partial charge in [0.25, 0.3) is 0 Å². The lowest BCUT2D eigenvalue weighted by Crippen LogP contribution is -2.16. The molecule has 2 heterocycles. The Balaban J connectivity index is 1.87. The highest BCUT2D eigenvalue weighted by Crippen LogP contribution is 2.27. The van der Waals surface area contributed by atoms with Crippen molar-refractivity contribution in [3.63, 3.8) is 0 Å². The molecule has 7 heteroatoms. The summed E-state index contributed by atoms with van der Waals surface area (Å²) in [5, 5.41) is 10.8. The van der Waals surface area contributed by atoms with Crippen LogP contribution in [-0.2, 0) is 4.79 Å². The third-order valence-electron chi connectivity index (χ3n) is 3.51. The van der Waals surface area contributed by atoms with Crippen molar-refractivity contribution in [1.82, 2.24) is 14.8 Å². The molecule has 3 aromatic rings. The van der Waals surface area contributed by atoms with Gasteiger partial charge in [-0.3, -0.25) is 4.79 Å². The first-order valence-corrected chi connectivity index (χ1v) is 9.26. The fourth-order valence-electron chi connectivity index (χ4n) is 2.41. The molecule has 0 unspecified atom stereocenters. The summed E-state index contributed by atoms with van der Waals surface area (Å²) in [6, 6.07) is 9.39. The van der Waals surface area contributed by atoms with Crippen LogP contribution >= 0.6 is 22.9 Å². The van der Waals surface area contributed by atoms with E-state index in [1.54, 1.807) is 4.68 Å². The van der Waals surface area contributed by atoms with Gasteiger partial charge in [0.15, 0.2) is 0 Å². The van der Waals surface area contributed by atoms with Crippen molar-refractivity contribution < 1.29 is 4.79 Å². The van der Waals surface area contributed by atoms with Gasteiger partial charge in [0.1, 0.15) is 5.82 Å². The van der Waals surface area contributed by atoms with Crippen LogP contribution in [0.2, 0.25) is 5.02 Å². The third-order valence-corrected chi connectivity index (χ3v) is 4.57. The molecule has 1 aromatic carbocycles. The van der Waals surface area contributed by atoms with E-state index in [1.165, 1.54) is 11.3 Å². The smallest absolute Gasteiger partial charge is 0.225 e. The highest BCUT2D eigenvalue weighted by atomic mass is 35.5. The van der Waals surface area contributed by atoms with E-state index < -0.39 is 0 Å². The first kappa shape index (κ1) is 17.6. The van der Waals surface area contributed by atoms with Crippen LogP contribution < -0.4 is 5.32 Å². The summed E-state index contributed by atoms with van der Waals surface area (Å²) < 4.78 is 1.68. The van der Waals surface area contributed by atoms with Gasteiger partial charge >= 0.3 is 0 Å². The molecule has 0 fully saturated rings. The molecule has 0 atom stereocenters. The zero-order chi connectivity index (χ0) is 18.0. The zero-order valence-corrected chi connectivity index (χ0v) is 15.9. The summed E-state index contributed by atoms with van der Waals surface area (Å²) in [5.74, 6) is 0.916. The number of carbonyl (C=O) groups is 1. The van der Waals surface area contributed by atoms with Gasteiger partial charge in [0.05, 0.1) is 11.4 Å². The molecule has 0 saturated heterocycles. The summed E-state index contributed by atoms with van der Waals surface area (Å²) in [6.45, 7) is 5.92. The quantitative estimate of drug-likeness (QED) is 0.687. The van der Waals surface area contributed by atoms with Crippen LogP contribution in [0.3, 0.4) is 0 Å². The molecule has 0 aliphatic heterocycles. The largest absolute Gasteiger partial charge is 0.310 e. The SMILES string of the molecule is Cc1cc(NC(=O)CC(C)C)n(-c2nc(-c3ccc(Cl)cc3)cs2)n1. The van der Waals surface area contributed by atoms with Crippen LogP contribution in [0.15, 0.2) is 35.7 Å². The van der Waals surface area contributed by atoms with E-state index >= 15 is 0 Å². The highest BCUT2D eigenvalue weighted by Gasteiger charge is 2.15. The number of benzene rings is 1. The maximum atomic E-state index is 12.1. The Morgan fingerprint density at radius 2 is 2.04 bits per heavy atom. The van der Waals surface area contributed by atoms with Gasteiger partial charge in [-0.1, -0.05) is 37.6 Å². The van der Waals surface area contributed by atoms with Gasteiger partial charge < -0.3 is 5.32 Å². The number of rotatable bonds is 5. The number of thiazole rings is 1. The van der Waals surface area contributed by atoms with E-state index in [0.717, 1.165) is 17.0 Å². The van der Waals surface area contributed by atoms with Crippen molar-refractivity contribution >= 4 is 34.7 Å². The van der Waals surface area contributed by atoms with Crippen molar-refractivity contribution in [1.29, 1.82) is 0 Å². The Bertz CT molecular complexity index is 883. The van der Waals surface area contributed by atoms with Gasteiger partial charge in [0, 0.05) is 28.5 Å². The standard InChI is InChI=1S/C18H19ClN4OS/c1-11(2)8-17(24)21-16-9-12(3)22-23(16)18-20-15(10-25-18)13-4-6-14(19)7-5-13/h4-7,9-11H,8H2,1-3H3,(H,21,24). The lowest BCUT2D eigenvalue weighted by molar-refractivity contribution is -0.116. The summed E-state index contributed by atoms with van der Waals surface area (Å²) >= 11 is 7.41. The van der Waals surface area contributed by atoms with Crippen molar-refractivity contribution in [2.45, 2.75) is 27.2 Å². The van der Waals surface area contributed by atoms with Crippen LogP contribution in [0.5, 0.6) is 0 Å². The molecule has 0 radical (unpaired) electrons. The Kier molecular flexibility index (Phi) is 5.20. The topological polar surface area (TPSA) is 59.8 Å². The predicted octanol–water partition coefficient (Wildman–Crippen LogP) is 4.94. The first-order valence-electron chi connectivity index (χ1n) is 8.00. The molecule has 25 heavy (non-hydrogen) atoms. The molecule has 0 saturated carbocycles. The van der Waals surface area contributed by atoms with E-state index in [9.17, 15) is 4.79 Å². The molecule has 0 aliphatic carbocycles. The normalized spacial score (nSPS) is 11.1. The Morgan fingerprint density at radius 3 is 2.72 bits per heavy atom. The third kappa shape index (κ3) is 4.27. The number of nitrogens with one attached hydrogen (secondary N) is 1. The van der Waals surface area contributed by atoms with Crippen LogP contribution in [0.1, 0.15) is 26.0 Å². The molecule has 0 aliphatic rings. The fraction of sp³-hybridized carbons (Fsp3) is 0.278. The summed E-state index contributed by atoms with van der Waals surface area (Å²) in [7, 11) is 0. The van der Waals surface area contributed by atoms with E-state index in [2.05, 4.69) is 15.4 Å². The van der Waals surface area contributed by atoms with Crippen LogP contribution in [0.25, 0.3) is 16.4 Å². The van der Waals surface area contributed by atoms with Crippen LogP contribution in [0, 0.1) is 12.8 Å². The number of hydrogen-bond donors (Lipinski definition) is 1.